The Morgan fingerprint density at radius 2 is 1.76 bits per heavy atom. The van der Waals surface area contributed by atoms with Gasteiger partial charge in [0.1, 0.15) is 6.61 Å². The van der Waals surface area contributed by atoms with E-state index in [0.29, 0.717) is 43.6 Å². The third kappa shape index (κ3) is 11.8. The summed E-state index contributed by atoms with van der Waals surface area (Å²) in [4.78, 5) is 40.4. The van der Waals surface area contributed by atoms with Crippen molar-refractivity contribution in [2.24, 2.45) is 40.7 Å². The van der Waals surface area contributed by atoms with Gasteiger partial charge >= 0.3 is 6.09 Å². The van der Waals surface area contributed by atoms with E-state index >= 15 is 0 Å². The van der Waals surface area contributed by atoms with E-state index in [1.807, 2.05) is 30.9 Å². The Bertz CT molecular complexity index is 1110. The maximum absolute atomic E-state index is 13.5. The molecule has 0 bridgehead atoms. The van der Waals surface area contributed by atoms with E-state index in [1.165, 1.54) is 0 Å². The molecular formula is C35H58ClN3O7. The smallest absolute Gasteiger partial charge is 0.410 e. The standard InChI is InChI=1S/C35H58ClN3O7/c1-23(2)27(18-25-10-11-30(44-8)31(19-25)45-16-9-15-43-7)21-29-26(12-14-39(29)34(42)46-17-13-36)20-28(24(3)4)32(40)38-22-35(5,6)33(37)41/h10-11,19,23-24,26-29H,9,12-18,20-22H2,1-8H3,(H2,37,41)(H,38,40)/t26-,27-,28?,29-/m0/s1. The summed E-state index contributed by atoms with van der Waals surface area (Å²) < 4.78 is 22.2. The molecule has 1 aliphatic heterocycles. The van der Waals surface area contributed by atoms with Crippen molar-refractivity contribution in [1.29, 1.82) is 0 Å². The molecule has 3 N–H and O–H groups in total. The van der Waals surface area contributed by atoms with E-state index in [2.05, 4.69) is 25.2 Å². The monoisotopic (exact) mass is 667 g/mol. The van der Waals surface area contributed by atoms with Gasteiger partial charge in [-0.15, -0.1) is 11.6 Å². The quantitative estimate of drug-likeness (QED) is 0.135. The van der Waals surface area contributed by atoms with Gasteiger partial charge in [0.05, 0.1) is 25.0 Å². The highest BCUT2D eigenvalue weighted by atomic mass is 35.5. The Kier molecular flexibility index (Phi) is 16.5. The minimum absolute atomic E-state index is 0.0668. The van der Waals surface area contributed by atoms with Gasteiger partial charge in [0.2, 0.25) is 11.8 Å². The van der Waals surface area contributed by atoms with Crippen LogP contribution in [0.15, 0.2) is 18.2 Å². The Balaban J connectivity index is 2.31. The summed E-state index contributed by atoms with van der Waals surface area (Å²) in [7, 11) is 3.31. The van der Waals surface area contributed by atoms with Crippen molar-refractivity contribution in [2.45, 2.75) is 79.7 Å². The number of nitrogens with two attached hydrogens (primary N) is 1. The number of methoxy groups -OCH3 is 2. The molecule has 0 aliphatic carbocycles. The second-order valence-corrected chi connectivity index (χ2v) is 14.2. The van der Waals surface area contributed by atoms with Crippen LogP contribution in [-0.4, -0.2) is 81.9 Å². The number of benzene rings is 1. The third-order valence-corrected chi connectivity index (χ3v) is 9.41. The largest absolute Gasteiger partial charge is 0.493 e. The Morgan fingerprint density at radius 3 is 2.35 bits per heavy atom. The number of rotatable bonds is 20. The Hall–Kier alpha value is -2.72. The van der Waals surface area contributed by atoms with Crippen LogP contribution in [0.25, 0.3) is 0 Å². The van der Waals surface area contributed by atoms with Crippen molar-refractivity contribution < 1.29 is 33.3 Å². The predicted molar refractivity (Wildman–Crippen MR) is 181 cm³/mol. The van der Waals surface area contributed by atoms with Gasteiger partial charge in [-0.05, 0) is 80.9 Å². The lowest BCUT2D eigenvalue weighted by Gasteiger charge is -2.34. The van der Waals surface area contributed by atoms with Crippen LogP contribution in [0.5, 0.6) is 11.5 Å². The molecule has 1 aromatic rings. The number of carbonyl (C=O) groups is 3. The number of hydrogen-bond acceptors (Lipinski definition) is 7. The third-order valence-electron chi connectivity index (χ3n) is 9.26. The lowest BCUT2D eigenvalue weighted by atomic mass is 9.77. The molecular weight excluding hydrogens is 610 g/mol. The minimum atomic E-state index is -0.850. The van der Waals surface area contributed by atoms with Crippen LogP contribution < -0.4 is 20.5 Å². The number of primary amides is 1. The molecule has 0 aromatic heterocycles. The molecule has 2 rings (SSSR count). The van der Waals surface area contributed by atoms with Crippen LogP contribution in [0.3, 0.4) is 0 Å². The molecule has 0 saturated carbocycles. The highest BCUT2D eigenvalue weighted by Gasteiger charge is 2.42. The molecule has 1 saturated heterocycles. The van der Waals surface area contributed by atoms with Crippen LogP contribution in [-0.2, 0) is 25.5 Å². The van der Waals surface area contributed by atoms with Gasteiger partial charge in [-0.25, -0.2) is 4.79 Å². The first-order valence-electron chi connectivity index (χ1n) is 16.6. The molecule has 46 heavy (non-hydrogen) atoms. The van der Waals surface area contributed by atoms with Crippen LogP contribution in [0.1, 0.15) is 72.8 Å². The van der Waals surface area contributed by atoms with Crippen molar-refractivity contribution in [3.63, 3.8) is 0 Å². The molecule has 1 heterocycles. The van der Waals surface area contributed by atoms with Crippen molar-refractivity contribution in [3.8, 4) is 11.5 Å². The maximum Gasteiger partial charge on any atom is 0.410 e. The molecule has 3 amide bonds. The van der Waals surface area contributed by atoms with E-state index in [-0.39, 0.29) is 60.7 Å². The number of likely N-dealkylation sites (tertiary alicyclic amines) is 1. The molecule has 11 heteroatoms. The number of ether oxygens (including phenoxy) is 4. The number of amides is 3. The van der Waals surface area contributed by atoms with E-state index in [4.69, 9.17) is 36.3 Å². The number of nitrogens with one attached hydrogen (secondary N) is 1. The molecule has 10 nitrogen and oxygen atoms in total. The van der Waals surface area contributed by atoms with Crippen LogP contribution in [0.2, 0.25) is 0 Å². The fourth-order valence-electron chi connectivity index (χ4n) is 6.03. The summed E-state index contributed by atoms with van der Waals surface area (Å²) in [5.74, 6) is 1.51. The second-order valence-electron chi connectivity index (χ2n) is 13.8. The first-order valence-corrected chi connectivity index (χ1v) is 17.1. The summed E-state index contributed by atoms with van der Waals surface area (Å²) in [6.45, 7) is 14.0. The Morgan fingerprint density at radius 1 is 1.04 bits per heavy atom. The van der Waals surface area contributed by atoms with Gasteiger partial charge in [0, 0.05) is 45.2 Å². The molecule has 0 radical (unpaired) electrons. The van der Waals surface area contributed by atoms with Crippen molar-refractivity contribution in [3.05, 3.63) is 23.8 Å². The maximum atomic E-state index is 13.5. The lowest BCUT2D eigenvalue weighted by molar-refractivity contribution is -0.129. The molecule has 4 atom stereocenters. The summed E-state index contributed by atoms with van der Waals surface area (Å²) in [6.07, 6.45) is 3.36. The molecule has 262 valence electrons. The first kappa shape index (κ1) is 39.5. The zero-order valence-corrected chi connectivity index (χ0v) is 30.0. The van der Waals surface area contributed by atoms with Gasteiger partial charge in [-0.2, -0.15) is 0 Å². The average molecular weight is 668 g/mol. The SMILES string of the molecule is COCCCOc1cc(C[C@@H](C[C@H]2[C@H](CC(C(=O)NCC(C)(C)C(N)=O)C(C)C)CCN2C(=O)OCCCl)C(C)C)ccc1OC. The fraction of sp³-hybridized carbons (Fsp3) is 0.743. The molecule has 1 aromatic carbocycles. The van der Waals surface area contributed by atoms with Gasteiger partial charge in [-0.1, -0.05) is 33.8 Å². The fourth-order valence-corrected chi connectivity index (χ4v) is 6.11. The normalized spacial score (nSPS) is 18.0. The highest BCUT2D eigenvalue weighted by Crippen LogP contribution is 2.39. The summed E-state index contributed by atoms with van der Waals surface area (Å²) in [5.41, 5.74) is 5.81. The van der Waals surface area contributed by atoms with Crippen LogP contribution in [0, 0.1) is 35.0 Å². The van der Waals surface area contributed by atoms with Gasteiger partial charge in [-0.3, -0.25) is 9.59 Å². The first-order chi connectivity index (χ1) is 21.7. The summed E-state index contributed by atoms with van der Waals surface area (Å²) in [5, 5.41) is 2.98. The summed E-state index contributed by atoms with van der Waals surface area (Å²) >= 11 is 5.84. The number of nitrogens with zero attached hydrogens (tertiary/aromatic N) is 1. The average Bonchev–Trinajstić information content (AvgIpc) is 3.41. The number of halogens is 1. The van der Waals surface area contributed by atoms with Gasteiger partial charge < -0.3 is 34.9 Å². The Labute approximate surface area is 281 Å². The minimum Gasteiger partial charge on any atom is -0.493 e. The number of alkyl halides is 1. The van der Waals surface area contributed by atoms with E-state index in [1.54, 1.807) is 28.1 Å². The number of carbonyl (C=O) groups excluding carboxylic acids is 3. The van der Waals surface area contributed by atoms with E-state index in [0.717, 1.165) is 31.2 Å². The second kappa shape index (κ2) is 19.2. The zero-order valence-electron chi connectivity index (χ0n) is 29.2. The van der Waals surface area contributed by atoms with Crippen LogP contribution in [0.4, 0.5) is 4.79 Å². The van der Waals surface area contributed by atoms with E-state index < -0.39 is 11.3 Å². The van der Waals surface area contributed by atoms with Crippen molar-refractivity contribution in [1.82, 2.24) is 10.2 Å². The van der Waals surface area contributed by atoms with Gasteiger partial charge in [0.15, 0.2) is 11.5 Å². The van der Waals surface area contributed by atoms with Crippen LogP contribution >= 0.6 is 11.6 Å². The molecule has 1 fully saturated rings. The number of hydrogen-bond donors (Lipinski definition) is 2. The molecule has 0 spiro atoms. The van der Waals surface area contributed by atoms with Gasteiger partial charge in [0.25, 0.3) is 0 Å². The lowest BCUT2D eigenvalue weighted by Crippen LogP contribution is -2.46. The zero-order chi connectivity index (χ0) is 34.4. The predicted octanol–water partition coefficient (Wildman–Crippen LogP) is 5.67. The molecule has 1 unspecified atom stereocenters. The topological polar surface area (TPSA) is 129 Å². The summed E-state index contributed by atoms with van der Waals surface area (Å²) in [6, 6.07) is 5.96. The highest BCUT2D eigenvalue weighted by molar-refractivity contribution is 6.18. The van der Waals surface area contributed by atoms with Crippen molar-refractivity contribution >= 4 is 29.5 Å². The van der Waals surface area contributed by atoms with E-state index in [9.17, 15) is 14.4 Å². The molecule has 1 aliphatic rings. The van der Waals surface area contributed by atoms with Crippen molar-refractivity contribution in [2.75, 3.05) is 53.0 Å².